The first-order valence-corrected chi connectivity index (χ1v) is 12.9. The molecule has 0 aliphatic carbocycles. The van der Waals surface area contributed by atoms with Gasteiger partial charge in [0.15, 0.2) is 0 Å². The molecular formula is C26H51NO4. The number of ether oxygens (including phenoxy) is 1. The van der Waals surface area contributed by atoms with E-state index in [9.17, 15) is 14.7 Å². The maximum Gasteiger partial charge on any atom is 0.307 e. The van der Waals surface area contributed by atoms with Crippen molar-refractivity contribution in [1.29, 1.82) is 0 Å². The van der Waals surface area contributed by atoms with Crippen molar-refractivity contribution in [1.82, 2.24) is 5.32 Å². The van der Waals surface area contributed by atoms with Crippen molar-refractivity contribution in [3.05, 3.63) is 0 Å². The molecule has 0 aliphatic rings. The molecule has 0 saturated carbocycles. The monoisotopic (exact) mass is 441 g/mol. The molecule has 0 aromatic carbocycles. The molecule has 0 radical (unpaired) electrons. The molecule has 0 heterocycles. The number of amides is 1. The molecule has 184 valence electrons. The Bertz CT molecular complexity index is 451. The fourth-order valence-corrected chi connectivity index (χ4v) is 3.70. The van der Waals surface area contributed by atoms with Gasteiger partial charge in [-0.15, -0.1) is 0 Å². The topological polar surface area (TPSA) is 75.6 Å². The summed E-state index contributed by atoms with van der Waals surface area (Å²) in [5.74, 6) is 0.0808. The van der Waals surface area contributed by atoms with Gasteiger partial charge in [0.1, 0.15) is 0 Å². The van der Waals surface area contributed by atoms with Gasteiger partial charge in [-0.1, -0.05) is 98.3 Å². The van der Waals surface area contributed by atoms with Gasteiger partial charge >= 0.3 is 5.97 Å². The second-order valence-electron chi connectivity index (χ2n) is 9.91. The molecule has 0 spiro atoms. The number of nitrogens with one attached hydrogen (secondary N) is 1. The Morgan fingerprint density at radius 2 is 1.39 bits per heavy atom. The summed E-state index contributed by atoms with van der Waals surface area (Å²) < 4.78 is 5.55. The molecular weight excluding hydrogens is 390 g/mol. The quantitative estimate of drug-likeness (QED) is 0.165. The Morgan fingerprint density at radius 3 is 1.90 bits per heavy atom. The Morgan fingerprint density at radius 1 is 0.871 bits per heavy atom. The average molecular weight is 442 g/mol. The van der Waals surface area contributed by atoms with Crippen molar-refractivity contribution in [2.75, 3.05) is 19.8 Å². The molecule has 0 fully saturated rings. The lowest BCUT2D eigenvalue weighted by Crippen LogP contribution is -2.32. The van der Waals surface area contributed by atoms with Gasteiger partial charge in [0.2, 0.25) is 5.91 Å². The highest BCUT2D eigenvalue weighted by molar-refractivity contribution is 5.77. The van der Waals surface area contributed by atoms with E-state index in [2.05, 4.69) is 19.2 Å². The third kappa shape index (κ3) is 19.3. The first kappa shape index (κ1) is 29.9. The minimum atomic E-state index is -0.439. The zero-order valence-corrected chi connectivity index (χ0v) is 21.0. The predicted molar refractivity (Wildman–Crippen MR) is 129 cm³/mol. The highest BCUT2D eigenvalue weighted by Crippen LogP contribution is 2.20. The summed E-state index contributed by atoms with van der Waals surface area (Å²) in [4.78, 5) is 24.0. The van der Waals surface area contributed by atoms with Gasteiger partial charge in [0.05, 0.1) is 13.0 Å². The lowest BCUT2D eigenvalue weighted by atomic mass is 9.90. The van der Waals surface area contributed by atoms with E-state index in [1.165, 1.54) is 70.6 Å². The molecule has 0 aliphatic heterocycles. The van der Waals surface area contributed by atoms with E-state index in [1.54, 1.807) is 0 Å². The number of unbranched alkanes of at least 4 members (excludes halogenated alkanes) is 9. The maximum atomic E-state index is 12.1. The molecule has 2 N–H and O–H groups in total. The summed E-state index contributed by atoms with van der Waals surface area (Å²) in [6.45, 7) is 8.91. The summed E-state index contributed by atoms with van der Waals surface area (Å²) in [6, 6.07) is 0. The van der Waals surface area contributed by atoms with Crippen LogP contribution in [-0.4, -0.2) is 36.7 Å². The number of aliphatic hydroxyl groups is 1. The van der Waals surface area contributed by atoms with Gasteiger partial charge in [-0.05, 0) is 24.2 Å². The van der Waals surface area contributed by atoms with E-state index >= 15 is 0 Å². The summed E-state index contributed by atoms with van der Waals surface area (Å²) in [6.07, 6.45) is 16.8. The van der Waals surface area contributed by atoms with Crippen LogP contribution < -0.4 is 5.32 Å². The van der Waals surface area contributed by atoms with Crippen LogP contribution in [0.1, 0.15) is 124 Å². The van der Waals surface area contributed by atoms with E-state index in [0.717, 1.165) is 12.8 Å². The van der Waals surface area contributed by atoms with E-state index < -0.39 is 5.41 Å². The molecule has 0 aromatic rings. The van der Waals surface area contributed by atoms with Gasteiger partial charge in [0, 0.05) is 19.6 Å². The van der Waals surface area contributed by atoms with Crippen molar-refractivity contribution in [2.24, 2.45) is 11.3 Å². The van der Waals surface area contributed by atoms with Crippen LogP contribution in [0.2, 0.25) is 0 Å². The lowest BCUT2D eigenvalue weighted by Gasteiger charge is -2.20. The van der Waals surface area contributed by atoms with Crippen LogP contribution in [-0.2, 0) is 14.3 Å². The van der Waals surface area contributed by atoms with Crippen LogP contribution in [0.4, 0.5) is 0 Å². The van der Waals surface area contributed by atoms with Crippen LogP contribution in [0.15, 0.2) is 0 Å². The minimum Gasteiger partial charge on any atom is -0.465 e. The summed E-state index contributed by atoms with van der Waals surface area (Å²) in [5.41, 5.74) is -0.439. The van der Waals surface area contributed by atoms with E-state index in [1.807, 2.05) is 13.8 Å². The highest BCUT2D eigenvalue weighted by Gasteiger charge is 2.21. The normalized spacial score (nSPS) is 12.5. The summed E-state index contributed by atoms with van der Waals surface area (Å²) >= 11 is 0. The number of aliphatic hydroxyl groups excluding tert-OH is 1. The standard InChI is InChI=1S/C26H51NO4/c1-5-7-9-11-13-15-17-23(16-14-12-10-8-6-2)21-31-25(30)18-19-27-24(29)20-26(3,4)22-28/h23,28H,5-22H2,1-4H3,(H,27,29)/t23-/m1/s1. The molecule has 0 rings (SSSR count). The van der Waals surface area contributed by atoms with Crippen molar-refractivity contribution < 1.29 is 19.4 Å². The van der Waals surface area contributed by atoms with E-state index in [4.69, 9.17) is 4.74 Å². The smallest absolute Gasteiger partial charge is 0.307 e. The summed E-state index contributed by atoms with van der Waals surface area (Å²) in [5, 5.41) is 12.0. The van der Waals surface area contributed by atoms with Crippen LogP contribution >= 0.6 is 0 Å². The van der Waals surface area contributed by atoms with E-state index in [0.29, 0.717) is 12.5 Å². The van der Waals surface area contributed by atoms with Crippen molar-refractivity contribution in [3.63, 3.8) is 0 Å². The van der Waals surface area contributed by atoms with Crippen molar-refractivity contribution in [3.8, 4) is 0 Å². The number of hydrogen-bond donors (Lipinski definition) is 2. The minimum absolute atomic E-state index is 0.0408. The Kier molecular flexibility index (Phi) is 18.9. The largest absolute Gasteiger partial charge is 0.465 e. The number of hydrogen-bond acceptors (Lipinski definition) is 4. The van der Waals surface area contributed by atoms with Gasteiger partial charge in [-0.2, -0.15) is 0 Å². The lowest BCUT2D eigenvalue weighted by molar-refractivity contribution is -0.145. The van der Waals surface area contributed by atoms with Gasteiger partial charge in [0.25, 0.3) is 0 Å². The predicted octanol–water partition coefficient (Wildman–Crippen LogP) is 6.17. The third-order valence-electron chi connectivity index (χ3n) is 5.88. The Hall–Kier alpha value is -1.10. The molecule has 1 atom stereocenters. The average Bonchev–Trinajstić information content (AvgIpc) is 2.73. The first-order valence-electron chi connectivity index (χ1n) is 12.9. The molecule has 31 heavy (non-hydrogen) atoms. The molecule has 1 amide bonds. The molecule has 0 saturated heterocycles. The zero-order valence-electron chi connectivity index (χ0n) is 21.0. The highest BCUT2D eigenvalue weighted by atomic mass is 16.5. The van der Waals surface area contributed by atoms with E-state index in [-0.39, 0.29) is 37.9 Å². The van der Waals surface area contributed by atoms with Gasteiger partial charge in [-0.3, -0.25) is 9.59 Å². The Labute approximate surface area is 192 Å². The van der Waals surface area contributed by atoms with Crippen LogP contribution in [0.25, 0.3) is 0 Å². The number of esters is 1. The van der Waals surface area contributed by atoms with Crippen molar-refractivity contribution in [2.45, 2.75) is 124 Å². The second kappa shape index (κ2) is 19.6. The van der Waals surface area contributed by atoms with Gasteiger partial charge in [-0.25, -0.2) is 0 Å². The zero-order chi connectivity index (χ0) is 23.4. The van der Waals surface area contributed by atoms with Crippen LogP contribution in [0, 0.1) is 11.3 Å². The first-order chi connectivity index (χ1) is 14.8. The number of rotatable bonds is 21. The van der Waals surface area contributed by atoms with Crippen molar-refractivity contribution >= 4 is 11.9 Å². The number of carbonyl (C=O) groups is 2. The Balaban J connectivity index is 4.16. The van der Waals surface area contributed by atoms with Crippen LogP contribution in [0.3, 0.4) is 0 Å². The molecule has 0 unspecified atom stereocenters. The molecule has 0 bridgehead atoms. The SMILES string of the molecule is CCCCCCCC[C@@H](CCCCCCC)COC(=O)CCNC(=O)CC(C)(C)CO. The maximum absolute atomic E-state index is 12.1. The summed E-state index contributed by atoms with van der Waals surface area (Å²) in [7, 11) is 0. The number of carbonyl (C=O) groups excluding carboxylic acids is 2. The van der Waals surface area contributed by atoms with Crippen LogP contribution in [0.5, 0.6) is 0 Å². The fraction of sp³-hybridized carbons (Fsp3) is 0.923. The second-order valence-corrected chi connectivity index (χ2v) is 9.91. The molecule has 0 aromatic heterocycles. The fourth-order valence-electron chi connectivity index (χ4n) is 3.70. The third-order valence-corrected chi connectivity index (χ3v) is 5.88. The van der Waals surface area contributed by atoms with Gasteiger partial charge < -0.3 is 15.2 Å². The molecule has 5 nitrogen and oxygen atoms in total. The molecule has 5 heteroatoms.